The highest BCUT2D eigenvalue weighted by atomic mass is 32.2. The average Bonchev–Trinajstić information content (AvgIpc) is 2.89. The molecule has 0 saturated carbocycles. The van der Waals surface area contributed by atoms with Crippen LogP contribution in [0.4, 0.5) is 5.69 Å². The van der Waals surface area contributed by atoms with E-state index in [-0.39, 0.29) is 10.8 Å². The quantitative estimate of drug-likeness (QED) is 0.521. The molecule has 1 aliphatic rings. The van der Waals surface area contributed by atoms with Gasteiger partial charge in [0, 0.05) is 25.7 Å². The van der Waals surface area contributed by atoms with Crippen LogP contribution >= 0.6 is 0 Å². The zero-order valence-electron chi connectivity index (χ0n) is 19.5. The fraction of sp³-hybridized carbons (Fsp3) is 0.296. The van der Waals surface area contributed by atoms with E-state index in [1.54, 1.807) is 54.6 Å². The van der Waals surface area contributed by atoms with Gasteiger partial charge in [0.2, 0.25) is 0 Å². The Labute approximate surface area is 202 Å². The number of nitrogens with zero attached hydrogens (tertiary/aromatic N) is 2. The topological polar surface area (TPSA) is 69.7 Å². The number of nitrogens with one attached hydrogen (secondary N) is 1. The summed E-state index contributed by atoms with van der Waals surface area (Å²) in [7, 11) is -2.15. The number of carbonyl (C=O) groups is 1. The lowest BCUT2D eigenvalue weighted by molar-refractivity contribution is 0.0951. The van der Waals surface area contributed by atoms with E-state index in [4.69, 9.17) is 0 Å². The van der Waals surface area contributed by atoms with Crippen LogP contribution in [0.2, 0.25) is 0 Å². The molecule has 1 heterocycles. The van der Waals surface area contributed by atoms with Gasteiger partial charge in [-0.2, -0.15) is 0 Å². The summed E-state index contributed by atoms with van der Waals surface area (Å²) in [5.74, 6) is -0.197. The Morgan fingerprint density at radius 3 is 2.12 bits per heavy atom. The number of piperidine rings is 1. The van der Waals surface area contributed by atoms with Gasteiger partial charge in [0.1, 0.15) is 0 Å². The molecule has 0 aromatic heterocycles. The van der Waals surface area contributed by atoms with Gasteiger partial charge in [-0.25, -0.2) is 8.42 Å². The van der Waals surface area contributed by atoms with E-state index in [0.717, 1.165) is 12.1 Å². The van der Waals surface area contributed by atoms with Crippen molar-refractivity contribution in [3.05, 3.63) is 95.6 Å². The van der Waals surface area contributed by atoms with Gasteiger partial charge < -0.3 is 5.32 Å². The molecule has 0 spiro atoms. The summed E-state index contributed by atoms with van der Waals surface area (Å²) in [4.78, 5) is 15.3. The molecule has 0 unspecified atom stereocenters. The minimum absolute atomic E-state index is 0.197. The second-order valence-corrected chi connectivity index (χ2v) is 10.6. The second-order valence-electron chi connectivity index (χ2n) is 8.67. The molecule has 0 aliphatic carbocycles. The van der Waals surface area contributed by atoms with Crippen molar-refractivity contribution in [3.8, 4) is 0 Å². The minimum Gasteiger partial charge on any atom is -0.348 e. The number of hydrogen-bond acceptors (Lipinski definition) is 4. The predicted molar refractivity (Wildman–Crippen MR) is 135 cm³/mol. The van der Waals surface area contributed by atoms with Crippen molar-refractivity contribution in [2.45, 2.75) is 37.2 Å². The van der Waals surface area contributed by atoms with Gasteiger partial charge in [-0.3, -0.25) is 14.0 Å². The fourth-order valence-electron chi connectivity index (χ4n) is 4.13. The molecular formula is C27H31N3O3S. The first-order valence-corrected chi connectivity index (χ1v) is 13.1. The molecule has 1 fully saturated rings. The molecule has 3 aromatic rings. The summed E-state index contributed by atoms with van der Waals surface area (Å²) in [5, 5.41) is 2.94. The van der Waals surface area contributed by atoms with Crippen LogP contribution in [0.25, 0.3) is 0 Å². The SMILES string of the molecule is CN(c1ccc(C(=O)NCc2ccc(CN3CCCCC3)cc2)cc1)S(=O)(=O)c1ccccc1. The number of rotatable bonds is 8. The Kier molecular flexibility index (Phi) is 7.65. The maximum atomic E-state index is 12.8. The van der Waals surface area contributed by atoms with Gasteiger partial charge in [0.25, 0.3) is 15.9 Å². The zero-order valence-corrected chi connectivity index (χ0v) is 20.3. The average molecular weight is 478 g/mol. The largest absolute Gasteiger partial charge is 0.348 e. The van der Waals surface area contributed by atoms with Crippen molar-refractivity contribution >= 4 is 21.6 Å². The van der Waals surface area contributed by atoms with Crippen LogP contribution < -0.4 is 9.62 Å². The molecule has 3 aromatic carbocycles. The first-order valence-electron chi connectivity index (χ1n) is 11.7. The van der Waals surface area contributed by atoms with E-state index in [9.17, 15) is 13.2 Å². The van der Waals surface area contributed by atoms with Crippen molar-refractivity contribution in [1.29, 1.82) is 0 Å². The molecule has 178 valence electrons. The number of anilines is 1. The lowest BCUT2D eigenvalue weighted by atomic mass is 10.1. The third kappa shape index (κ3) is 5.85. The Morgan fingerprint density at radius 2 is 1.47 bits per heavy atom. The van der Waals surface area contributed by atoms with Crippen molar-refractivity contribution in [2.24, 2.45) is 0 Å². The van der Waals surface area contributed by atoms with Crippen molar-refractivity contribution in [3.63, 3.8) is 0 Å². The molecule has 34 heavy (non-hydrogen) atoms. The number of amides is 1. The van der Waals surface area contributed by atoms with Gasteiger partial charge in [-0.05, 0) is 73.5 Å². The minimum atomic E-state index is -3.65. The van der Waals surface area contributed by atoms with Gasteiger partial charge >= 0.3 is 0 Å². The maximum Gasteiger partial charge on any atom is 0.264 e. The first kappa shape index (κ1) is 24.0. The first-order chi connectivity index (χ1) is 16.4. The van der Waals surface area contributed by atoms with Crippen molar-refractivity contribution in [1.82, 2.24) is 10.2 Å². The van der Waals surface area contributed by atoms with E-state index < -0.39 is 10.0 Å². The Morgan fingerprint density at radius 1 is 0.853 bits per heavy atom. The third-order valence-corrected chi connectivity index (χ3v) is 8.03. The van der Waals surface area contributed by atoms with Crippen LogP contribution in [0.3, 0.4) is 0 Å². The van der Waals surface area contributed by atoms with Gasteiger partial charge in [0.15, 0.2) is 0 Å². The van der Waals surface area contributed by atoms with Gasteiger partial charge in [-0.1, -0.05) is 48.9 Å². The summed E-state index contributed by atoms with van der Waals surface area (Å²) in [6.07, 6.45) is 3.90. The number of likely N-dealkylation sites (tertiary alicyclic amines) is 1. The Balaban J connectivity index is 1.32. The zero-order chi connectivity index (χ0) is 24.0. The highest BCUT2D eigenvalue weighted by Gasteiger charge is 2.21. The monoisotopic (exact) mass is 477 g/mol. The number of carbonyl (C=O) groups excluding carboxylic acids is 1. The molecule has 6 nitrogen and oxygen atoms in total. The molecule has 0 bridgehead atoms. The van der Waals surface area contributed by atoms with E-state index in [0.29, 0.717) is 17.8 Å². The maximum absolute atomic E-state index is 12.8. The lowest BCUT2D eigenvalue weighted by Gasteiger charge is -2.26. The van der Waals surface area contributed by atoms with E-state index >= 15 is 0 Å². The molecule has 7 heteroatoms. The second kappa shape index (κ2) is 10.8. The van der Waals surface area contributed by atoms with E-state index in [1.165, 1.54) is 49.3 Å². The molecule has 1 amide bonds. The normalized spacial score (nSPS) is 14.5. The summed E-state index contributed by atoms with van der Waals surface area (Å²) in [5.41, 5.74) is 3.31. The Bertz CT molecular complexity index is 1190. The summed E-state index contributed by atoms with van der Waals surface area (Å²) < 4.78 is 26.8. The lowest BCUT2D eigenvalue weighted by Crippen LogP contribution is -2.29. The van der Waals surface area contributed by atoms with Crippen LogP contribution in [0, 0.1) is 0 Å². The number of sulfonamides is 1. The van der Waals surface area contributed by atoms with Crippen LogP contribution in [0.5, 0.6) is 0 Å². The van der Waals surface area contributed by atoms with Crippen molar-refractivity contribution < 1.29 is 13.2 Å². The highest BCUT2D eigenvalue weighted by Crippen LogP contribution is 2.22. The number of benzene rings is 3. The van der Waals surface area contributed by atoms with E-state index in [2.05, 4.69) is 34.5 Å². The highest BCUT2D eigenvalue weighted by molar-refractivity contribution is 7.92. The standard InChI is InChI=1S/C27H31N3O3S/c1-29(34(32,33)26-8-4-2-5-9-26)25-16-14-24(15-17-25)27(31)28-20-22-10-12-23(13-11-22)21-30-18-6-3-7-19-30/h2,4-5,8-17H,3,6-7,18-21H2,1H3,(H,28,31). The molecule has 4 rings (SSSR count). The summed E-state index contributed by atoms with van der Waals surface area (Å²) >= 11 is 0. The predicted octanol–water partition coefficient (Wildman–Crippen LogP) is 4.43. The van der Waals surface area contributed by atoms with E-state index in [1.807, 2.05) is 0 Å². The molecular weight excluding hydrogens is 446 g/mol. The summed E-state index contributed by atoms with van der Waals surface area (Å²) in [6.45, 7) is 3.76. The van der Waals surface area contributed by atoms with Crippen LogP contribution in [0.1, 0.15) is 40.7 Å². The van der Waals surface area contributed by atoms with Crippen LogP contribution in [-0.2, 0) is 23.1 Å². The number of hydrogen-bond donors (Lipinski definition) is 1. The molecule has 1 aliphatic heterocycles. The van der Waals surface area contributed by atoms with Crippen LogP contribution in [0.15, 0.2) is 83.8 Å². The van der Waals surface area contributed by atoms with Crippen LogP contribution in [-0.4, -0.2) is 39.4 Å². The molecule has 0 atom stereocenters. The Hall–Kier alpha value is -3.16. The van der Waals surface area contributed by atoms with Gasteiger partial charge in [-0.15, -0.1) is 0 Å². The molecule has 0 radical (unpaired) electrons. The molecule has 1 N–H and O–H groups in total. The smallest absolute Gasteiger partial charge is 0.264 e. The molecule has 1 saturated heterocycles. The third-order valence-electron chi connectivity index (χ3n) is 6.23. The summed E-state index contributed by atoms with van der Waals surface area (Å²) in [6, 6.07) is 23.2. The van der Waals surface area contributed by atoms with Gasteiger partial charge in [0.05, 0.1) is 10.6 Å². The fourth-order valence-corrected chi connectivity index (χ4v) is 5.35. The van der Waals surface area contributed by atoms with Crippen molar-refractivity contribution in [2.75, 3.05) is 24.4 Å².